The van der Waals surface area contributed by atoms with Crippen LogP contribution in [-0.4, -0.2) is 5.91 Å². The molecule has 0 saturated heterocycles. The number of benzene rings is 2. The summed E-state index contributed by atoms with van der Waals surface area (Å²) >= 11 is 0. The van der Waals surface area contributed by atoms with Gasteiger partial charge in [-0.25, -0.2) is 0 Å². The zero-order chi connectivity index (χ0) is 12.5. The molecule has 1 aliphatic rings. The van der Waals surface area contributed by atoms with Crippen LogP contribution < -0.4 is 4.90 Å². The molecule has 0 aromatic heterocycles. The number of para-hydroxylation sites is 1. The quantitative estimate of drug-likeness (QED) is 0.712. The third kappa shape index (κ3) is 1.54. The Balaban J connectivity index is 2.12. The highest BCUT2D eigenvalue weighted by atomic mass is 16.2. The van der Waals surface area contributed by atoms with Crippen molar-refractivity contribution in [3.63, 3.8) is 0 Å². The van der Waals surface area contributed by atoms with Crippen LogP contribution >= 0.6 is 0 Å². The maximum Gasteiger partial charge on any atom is 0.387 e. The number of anilines is 2. The Morgan fingerprint density at radius 3 is 2.78 bits per heavy atom. The smallest absolute Gasteiger partial charge is 0.280 e. The molecule has 4 heteroatoms. The van der Waals surface area contributed by atoms with Crippen LogP contribution in [0.25, 0.3) is 4.98 Å². The summed E-state index contributed by atoms with van der Waals surface area (Å²) < 4.78 is 0. The third-order valence-corrected chi connectivity index (χ3v) is 3.03. The lowest BCUT2D eigenvalue weighted by Crippen LogP contribution is -2.20. The number of hydrogen-bond donors (Lipinski definition) is 0. The molecule has 0 N–H and O–H groups in total. The number of carbonyl (C=O) groups is 1. The van der Waals surface area contributed by atoms with Crippen LogP contribution in [0.1, 0.15) is 5.56 Å². The third-order valence-electron chi connectivity index (χ3n) is 3.03. The molecule has 0 unspecified atom stereocenters. The van der Waals surface area contributed by atoms with E-state index in [1.54, 1.807) is 23.1 Å². The summed E-state index contributed by atoms with van der Waals surface area (Å²) in [4.78, 5) is 16.9. The van der Waals surface area contributed by atoms with Crippen molar-refractivity contribution < 1.29 is 4.79 Å². The van der Waals surface area contributed by atoms with Crippen LogP contribution in [0.4, 0.5) is 17.1 Å². The highest BCUT2D eigenvalue weighted by Crippen LogP contribution is 2.36. The number of fused-ring (bicyclic) bond motifs is 1. The van der Waals surface area contributed by atoms with Crippen molar-refractivity contribution in [3.05, 3.63) is 59.1 Å². The maximum atomic E-state index is 12.1. The van der Waals surface area contributed by atoms with Gasteiger partial charge in [0, 0.05) is 6.07 Å². The summed E-state index contributed by atoms with van der Waals surface area (Å²) in [6.07, 6.45) is 0.413. The summed E-state index contributed by atoms with van der Waals surface area (Å²) in [5.41, 5.74) is 3.08. The molecule has 0 saturated carbocycles. The van der Waals surface area contributed by atoms with Crippen molar-refractivity contribution in [2.24, 2.45) is 0 Å². The predicted molar refractivity (Wildman–Crippen MR) is 68.5 cm³/mol. The molecule has 3 rings (SSSR count). The number of nitrogens with zero attached hydrogens (tertiary/aromatic N) is 3. The number of carbonyl (C=O) groups excluding carboxylic acids is 1. The Kier molecular flexibility index (Phi) is 2.31. The van der Waals surface area contributed by atoms with E-state index in [4.69, 9.17) is 5.39 Å². The van der Waals surface area contributed by atoms with Gasteiger partial charge in [0.1, 0.15) is 0 Å². The topological polar surface area (TPSA) is 48.5 Å². The van der Waals surface area contributed by atoms with Crippen LogP contribution in [0.5, 0.6) is 0 Å². The summed E-state index contributed by atoms with van der Waals surface area (Å²) in [6, 6.07) is 14.7. The van der Waals surface area contributed by atoms with E-state index in [0.29, 0.717) is 12.1 Å². The van der Waals surface area contributed by atoms with Gasteiger partial charge in [0.25, 0.3) is 0 Å². The lowest BCUT2D eigenvalue weighted by atomic mass is 10.2. The second-order valence-electron chi connectivity index (χ2n) is 4.15. The number of rotatable bonds is 1. The summed E-state index contributed by atoms with van der Waals surface area (Å²) in [5.74, 6) is 0.0336. The minimum atomic E-state index is 0.0336. The van der Waals surface area contributed by atoms with E-state index in [1.807, 2.05) is 30.3 Å². The van der Waals surface area contributed by atoms with E-state index in [1.165, 1.54) is 0 Å². The highest BCUT2D eigenvalue weighted by molar-refractivity contribution is 6.07. The Morgan fingerprint density at radius 1 is 1.11 bits per heavy atom. The minimum absolute atomic E-state index is 0.0336. The fourth-order valence-electron chi connectivity index (χ4n) is 2.23. The lowest BCUT2D eigenvalue weighted by Gasteiger charge is -2.16. The van der Waals surface area contributed by atoms with Crippen LogP contribution in [0.15, 0.2) is 48.5 Å². The van der Waals surface area contributed by atoms with Crippen molar-refractivity contribution in [1.29, 1.82) is 5.39 Å². The van der Waals surface area contributed by atoms with Gasteiger partial charge in [-0.1, -0.05) is 24.3 Å². The summed E-state index contributed by atoms with van der Waals surface area (Å²) in [7, 11) is 0. The monoisotopic (exact) mass is 236 g/mol. The van der Waals surface area contributed by atoms with Crippen molar-refractivity contribution in [1.82, 2.24) is 0 Å². The van der Waals surface area contributed by atoms with Gasteiger partial charge in [0.2, 0.25) is 11.3 Å². The summed E-state index contributed by atoms with van der Waals surface area (Å²) in [6.45, 7) is 0. The first-order chi connectivity index (χ1) is 8.79. The Labute approximate surface area is 104 Å². The Hall–Kier alpha value is -2.67. The summed E-state index contributed by atoms with van der Waals surface area (Å²) in [5, 5.41) is 8.79. The molecule has 0 fully saturated rings. The Bertz CT molecular complexity index is 673. The van der Waals surface area contributed by atoms with E-state index in [0.717, 1.165) is 16.9 Å². The van der Waals surface area contributed by atoms with E-state index in [2.05, 4.69) is 4.98 Å². The SMILES string of the molecule is N#[N+]c1cccc(N2C(=O)Cc3ccccc32)c1. The number of diazo groups is 1. The van der Waals surface area contributed by atoms with Crippen LogP contribution in [0, 0.1) is 5.39 Å². The van der Waals surface area contributed by atoms with Crippen molar-refractivity contribution in [2.45, 2.75) is 6.42 Å². The molecule has 1 amide bonds. The fourth-order valence-corrected chi connectivity index (χ4v) is 2.23. The molecule has 4 nitrogen and oxygen atoms in total. The largest absolute Gasteiger partial charge is 0.387 e. The fraction of sp³-hybridized carbons (Fsp3) is 0.0714. The average molecular weight is 236 g/mol. The van der Waals surface area contributed by atoms with Gasteiger partial charge in [0.15, 0.2) is 4.98 Å². The first-order valence-corrected chi connectivity index (χ1v) is 5.65. The van der Waals surface area contributed by atoms with E-state index in [9.17, 15) is 4.79 Å². The molecular weight excluding hydrogens is 226 g/mol. The van der Waals surface area contributed by atoms with Crippen LogP contribution in [-0.2, 0) is 11.2 Å². The van der Waals surface area contributed by atoms with Gasteiger partial charge in [-0.15, -0.1) is 0 Å². The Morgan fingerprint density at radius 2 is 1.94 bits per heavy atom. The first kappa shape index (κ1) is 10.5. The standard InChI is InChI=1S/C14H10N3O/c15-16-11-5-3-6-12(9-11)17-13-7-2-1-4-10(13)8-14(17)18/h1-7,9H,8H2/q+1. The van der Waals surface area contributed by atoms with Gasteiger partial charge in [-0.3, -0.25) is 9.69 Å². The van der Waals surface area contributed by atoms with Gasteiger partial charge in [-0.05, 0) is 17.7 Å². The molecule has 0 spiro atoms. The lowest BCUT2D eigenvalue weighted by molar-refractivity contribution is -0.116. The van der Waals surface area contributed by atoms with Crippen LogP contribution in [0.2, 0.25) is 0 Å². The molecule has 0 atom stereocenters. The minimum Gasteiger partial charge on any atom is -0.280 e. The molecule has 2 aromatic rings. The average Bonchev–Trinajstić information content (AvgIpc) is 2.74. The normalized spacial score (nSPS) is 13.3. The zero-order valence-electron chi connectivity index (χ0n) is 9.58. The van der Waals surface area contributed by atoms with Gasteiger partial charge in [-0.2, -0.15) is 0 Å². The molecule has 0 radical (unpaired) electrons. The van der Waals surface area contributed by atoms with Crippen LogP contribution in [0.3, 0.4) is 0 Å². The molecule has 0 aliphatic carbocycles. The van der Waals surface area contributed by atoms with Gasteiger partial charge >= 0.3 is 5.69 Å². The zero-order valence-corrected chi connectivity index (χ0v) is 9.58. The molecule has 18 heavy (non-hydrogen) atoms. The van der Waals surface area contributed by atoms with Gasteiger partial charge in [0.05, 0.1) is 23.9 Å². The van der Waals surface area contributed by atoms with Crippen molar-refractivity contribution in [2.75, 3.05) is 4.90 Å². The maximum absolute atomic E-state index is 12.1. The van der Waals surface area contributed by atoms with Crippen molar-refractivity contribution >= 4 is 23.0 Å². The molecule has 0 bridgehead atoms. The predicted octanol–water partition coefficient (Wildman–Crippen LogP) is 3.39. The van der Waals surface area contributed by atoms with Gasteiger partial charge < -0.3 is 0 Å². The molecule has 2 aromatic carbocycles. The number of hydrogen-bond acceptors (Lipinski definition) is 2. The second-order valence-corrected chi connectivity index (χ2v) is 4.15. The highest BCUT2D eigenvalue weighted by Gasteiger charge is 2.28. The molecule has 1 aliphatic heterocycles. The first-order valence-electron chi connectivity index (χ1n) is 5.65. The molecular formula is C14H10N3O+. The molecule has 86 valence electrons. The second kappa shape index (κ2) is 3.97. The van der Waals surface area contributed by atoms with Crippen molar-refractivity contribution in [3.8, 4) is 0 Å². The number of amides is 1. The molecule has 1 heterocycles. The van der Waals surface area contributed by atoms with E-state index in [-0.39, 0.29) is 5.91 Å². The van der Waals surface area contributed by atoms with E-state index >= 15 is 0 Å². The van der Waals surface area contributed by atoms with E-state index < -0.39 is 0 Å².